The molecule has 5 nitrogen and oxygen atoms in total. The van der Waals surface area contributed by atoms with E-state index >= 15 is 0 Å². The van der Waals surface area contributed by atoms with Crippen LogP contribution in [-0.2, 0) is 0 Å². The van der Waals surface area contributed by atoms with Crippen LogP contribution in [0.15, 0.2) is 12.1 Å². The monoisotopic (exact) mass is 278 g/mol. The SMILES string of the molecule is COc1ccc(-c2nc(N)sc2C(=O)O)c(C)c1C. The maximum absolute atomic E-state index is 11.2. The highest BCUT2D eigenvalue weighted by molar-refractivity contribution is 7.17. The average Bonchev–Trinajstić information content (AvgIpc) is 2.75. The van der Waals surface area contributed by atoms with Crippen LogP contribution in [0, 0.1) is 13.8 Å². The fraction of sp³-hybridized carbons (Fsp3) is 0.231. The highest BCUT2D eigenvalue weighted by Gasteiger charge is 2.20. The predicted molar refractivity (Wildman–Crippen MR) is 74.9 cm³/mol. The fourth-order valence-electron chi connectivity index (χ4n) is 1.94. The number of nitrogens with zero attached hydrogens (tertiary/aromatic N) is 1. The number of aromatic nitrogens is 1. The Morgan fingerprint density at radius 2 is 2.05 bits per heavy atom. The van der Waals surface area contributed by atoms with Crippen molar-refractivity contribution in [3.8, 4) is 17.0 Å². The number of aromatic carboxylic acids is 1. The number of benzene rings is 1. The zero-order chi connectivity index (χ0) is 14.2. The third-order valence-corrected chi connectivity index (χ3v) is 3.92. The highest BCUT2D eigenvalue weighted by Crippen LogP contribution is 2.35. The summed E-state index contributed by atoms with van der Waals surface area (Å²) in [5.74, 6) is -0.251. The van der Waals surface area contributed by atoms with Gasteiger partial charge in [0.2, 0.25) is 0 Å². The molecule has 100 valence electrons. The molecular formula is C13H14N2O3S. The topological polar surface area (TPSA) is 85.4 Å². The van der Waals surface area contributed by atoms with Gasteiger partial charge in [-0.3, -0.25) is 0 Å². The Labute approximate surface area is 114 Å². The molecule has 0 bridgehead atoms. The van der Waals surface area contributed by atoms with E-state index in [-0.39, 0.29) is 10.0 Å². The van der Waals surface area contributed by atoms with Gasteiger partial charge in [0.25, 0.3) is 0 Å². The molecule has 0 saturated carbocycles. The minimum atomic E-state index is -1.02. The lowest BCUT2D eigenvalue weighted by atomic mass is 9.99. The summed E-state index contributed by atoms with van der Waals surface area (Å²) in [5, 5.41) is 9.44. The lowest BCUT2D eigenvalue weighted by Gasteiger charge is -2.11. The van der Waals surface area contributed by atoms with E-state index in [0.29, 0.717) is 5.69 Å². The van der Waals surface area contributed by atoms with E-state index in [1.165, 1.54) is 0 Å². The van der Waals surface area contributed by atoms with Crippen LogP contribution in [0.2, 0.25) is 0 Å². The molecule has 2 aromatic rings. The van der Waals surface area contributed by atoms with Gasteiger partial charge in [0.15, 0.2) is 5.13 Å². The molecule has 0 radical (unpaired) electrons. The molecule has 0 aliphatic heterocycles. The number of thiazole rings is 1. The molecule has 0 saturated heterocycles. The number of methoxy groups -OCH3 is 1. The van der Waals surface area contributed by atoms with Crippen molar-refractivity contribution in [1.29, 1.82) is 0 Å². The Bertz CT molecular complexity index is 650. The molecule has 0 fully saturated rings. The number of nitrogen functional groups attached to an aromatic ring is 1. The third kappa shape index (κ3) is 2.26. The molecule has 1 heterocycles. The van der Waals surface area contributed by atoms with Gasteiger partial charge in [-0.2, -0.15) is 0 Å². The van der Waals surface area contributed by atoms with Crippen LogP contribution >= 0.6 is 11.3 Å². The average molecular weight is 278 g/mol. The molecular weight excluding hydrogens is 264 g/mol. The second-order valence-electron chi connectivity index (χ2n) is 4.10. The number of rotatable bonds is 3. The van der Waals surface area contributed by atoms with E-state index in [0.717, 1.165) is 33.8 Å². The summed E-state index contributed by atoms with van der Waals surface area (Å²) in [6, 6.07) is 3.61. The van der Waals surface area contributed by atoms with Crippen LogP contribution in [-0.4, -0.2) is 23.2 Å². The number of nitrogens with two attached hydrogens (primary N) is 1. The Morgan fingerprint density at radius 3 is 2.63 bits per heavy atom. The van der Waals surface area contributed by atoms with E-state index in [4.69, 9.17) is 10.5 Å². The zero-order valence-corrected chi connectivity index (χ0v) is 11.7. The van der Waals surface area contributed by atoms with E-state index in [1.54, 1.807) is 13.2 Å². The summed E-state index contributed by atoms with van der Waals surface area (Å²) in [7, 11) is 1.60. The molecule has 0 unspecified atom stereocenters. The largest absolute Gasteiger partial charge is 0.496 e. The highest BCUT2D eigenvalue weighted by atomic mass is 32.1. The minimum absolute atomic E-state index is 0.158. The first-order valence-corrected chi connectivity index (χ1v) is 6.41. The Kier molecular flexibility index (Phi) is 3.44. The smallest absolute Gasteiger partial charge is 0.348 e. The standard InChI is InChI=1S/C13H14N2O3S/c1-6-7(2)9(18-3)5-4-8(6)10-11(12(16)17)19-13(14)15-10/h4-5H,1-3H3,(H2,14,15)(H,16,17). The third-order valence-electron chi connectivity index (χ3n) is 3.05. The van der Waals surface area contributed by atoms with Crippen LogP contribution in [0.4, 0.5) is 5.13 Å². The first-order chi connectivity index (χ1) is 8.95. The van der Waals surface area contributed by atoms with Gasteiger partial charge in [-0.15, -0.1) is 0 Å². The summed E-state index contributed by atoms with van der Waals surface area (Å²) < 4.78 is 5.24. The molecule has 1 aromatic carbocycles. The molecule has 0 aliphatic carbocycles. The number of carbonyl (C=O) groups is 1. The Morgan fingerprint density at radius 1 is 1.37 bits per heavy atom. The first-order valence-electron chi connectivity index (χ1n) is 5.59. The van der Waals surface area contributed by atoms with Crippen molar-refractivity contribution in [1.82, 2.24) is 4.98 Å². The molecule has 6 heteroatoms. The van der Waals surface area contributed by atoms with Crippen molar-refractivity contribution in [2.45, 2.75) is 13.8 Å². The molecule has 2 rings (SSSR count). The molecule has 0 aliphatic rings. The summed E-state index contributed by atoms with van der Waals surface area (Å²) in [5.41, 5.74) is 8.70. The normalized spacial score (nSPS) is 10.5. The molecule has 0 spiro atoms. The number of hydrogen-bond donors (Lipinski definition) is 2. The van der Waals surface area contributed by atoms with Crippen LogP contribution < -0.4 is 10.5 Å². The van der Waals surface area contributed by atoms with Crippen molar-refractivity contribution >= 4 is 22.4 Å². The lowest BCUT2D eigenvalue weighted by Crippen LogP contribution is -1.98. The van der Waals surface area contributed by atoms with E-state index in [2.05, 4.69) is 4.98 Å². The van der Waals surface area contributed by atoms with Crippen LogP contribution in [0.5, 0.6) is 5.75 Å². The summed E-state index contributed by atoms with van der Waals surface area (Å²) in [4.78, 5) is 15.5. The molecule has 0 amide bonds. The van der Waals surface area contributed by atoms with Crippen LogP contribution in [0.3, 0.4) is 0 Å². The van der Waals surface area contributed by atoms with Gasteiger partial charge in [-0.05, 0) is 37.1 Å². The van der Waals surface area contributed by atoms with E-state index < -0.39 is 5.97 Å². The molecule has 19 heavy (non-hydrogen) atoms. The van der Waals surface area contributed by atoms with Gasteiger partial charge in [0.05, 0.1) is 12.8 Å². The van der Waals surface area contributed by atoms with Crippen molar-refractivity contribution in [3.05, 3.63) is 28.1 Å². The number of hydrogen-bond acceptors (Lipinski definition) is 5. The Hall–Kier alpha value is -2.08. The molecule has 0 atom stereocenters. The zero-order valence-electron chi connectivity index (χ0n) is 10.9. The fourth-order valence-corrected chi connectivity index (χ4v) is 2.62. The van der Waals surface area contributed by atoms with Crippen LogP contribution in [0.25, 0.3) is 11.3 Å². The van der Waals surface area contributed by atoms with Gasteiger partial charge in [0.1, 0.15) is 10.6 Å². The van der Waals surface area contributed by atoms with Crippen molar-refractivity contribution in [3.63, 3.8) is 0 Å². The predicted octanol–water partition coefficient (Wildman–Crippen LogP) is 2.72. The second-order valence-corrected chi connectivity index (χ2v) is 5.13. The quantitative estimate of drug-likeness (QED) is 0.901. The van der Waals surface area contributed by atoms with Gasteiger partial charge < -0.3 is 15.6 Å². The van der Waals surface area contributed by atoms with Gasteiger partial charge >= 0.3 is 5.97 Å². The van der Waals surface area contributed by atoms with Gasteiger partial charge in [-0.1, -0.05) is 11.3 Å². The maximum atomic E-state index is 11.2. The lowest BCUT2D eigenvalue weighted by molar-refractivity contribution is 0.0702. The van der Waals surface area contributed by atoms with E-state index in [9.17, 15) is 9.90 Å². The van der Waals surface area contributed by atoms with E-state index in [1.807, 2.05) is 19.9 Å². The number of ether oxygens (including phenoxy) is 1. The van der Waals surface area contributed by atoms with Gasteiger partial charge in [0, 0.05) is 5.56 Å². The maximum Gasteiger partial charge on any atom is 0.348 e. The Balaban J connectivity index is 2.66. The van der Waals surface area contributed by atoms with Crippen molar-refractivity contribution in [2.75, 3.05) is 12.8 Å². The minimum Gasteiger partial charge on any atom is -0.496 e. The van der Waals surface area contributed by atoms with Crippen LogP contribution in [0.1, 0.15) is 20.8 Å². The number of carboxylic acid groups (broad SMARTS) is 1. The number of anilines is 1. The van der Waals surface area contributed by atoms with Crippen molar-refractivity contribution < 1.29 is 14.6 Å². The first kappa shape index (κ1) is 13.4. The summed E-state index contributed by atoms with van der Waals surface area (Å²) >= 11 is 0.978. The summed E-state index contributed by atoms with van der Waals surface area (Å²) in [6.45, 7) is 3.84. The number of carboxylic acids is 1. The summed E-state index contributed by atoms with van der Waals surface area (Å²) in [6.07, 6.45) is 0. The second kappa shape index (κ2) is 4.89. The van der Waals surface area contributed by atoms with Crippen molar-refractivity contribution in [2.24, 2.45) is 0 Å². The van der Waals surface area contributed by atoms with Gasteiger partial charge in [-0.25, -0.2) is 9.78 Å². The molecule has 3 N–H and O–H groups in total. The molecule has 1 aromatic heterocycles.